The molecule has 5 atom stereocenters. The van der Waals surface area contributed by atoms with Crippen LogP contribution in [0.3, 0.4) is 0 Å². The Labute approximate surface area is 644 Å². The van der Waals surface area contributed by atoms with Crippen LogP contribution >= 0.6 is 15.6 Å². The summed E-state index contributed by atoms with van der Waals surface area (Å²) in [4.78, 5) is 73.2. The molecule has 5 unspecified atom stereocenters. The van der Waals surface area contributed by atoms with Crippen molar-refractivity contribution in [2.75, 3.05) is 39.6 Å². The van der Waals surface area contributed by atoms with Crippen LogP contribution in [0.1, 0.15) is 336 Å². The number of phosphoric ester groups is 2. The zero-order chi connectivity index (χ0) is 77.4. The zero-order valence-corrected chi connectivity index (χ0v) is 68.4. The number of hydrogen-bond acceptors (Lipinski definition) is 15. The van der Waals surface area contributed by atoms with E-state index in [0.717, 1.165) is 205 Å². The van der Waals surface area contributed by atoms with Crippen molar-refractivity contribution in [1.82, 2.24) is 0 Å². The Bertz CT molecular complexity index is 2530. The molecule has 0 spiro atoms. The SMILES string of the molecule is CC/C=C\C/C=C\C/C=C\C/C=C\C/C=C\CCCCCC(=O)OCC(COP(=O)(O)OCC(O)COP(=O)(O)OCC(COC(=O)CCCCCCCCC/C=C\C/C=C\C/C=C\CC)OC(=O)CCCCCCCCCCCCCCC)OC(=O)CCCCCCCCC/C=C\C/C=C\C/C=C\CC. The molecule has 0 aromatic carbocycles. The normalized spacial score (nSPS) is 14.5. The summed E-state index contributed by atoms with van der Waals surface area (Å²) in [5, 5.41) is 10.7. The summed E-state index contributed by atoms with van der Waals surface area (Å²) in [5.41, 5.74) is 0. The van der Waals surface area contributed by atoms with Gasteiger partial charge in [0.05, 0.1) is 26.4 Å². The lowest BCUT2D eigenvalue weighted by atomic mass is 10.0. The largest absolute Gasteiger partial charge is 0.472 e. The van der Waals surface area contributed by atoms with E-state index in [4.69, 9.17) is 37.0 Å². The van der Waals surface area contributed by atoms with Gasteiger partial charge < -0.3 is 33.8 Å². The van der Waals surface area contributed by atoms with Gasteiger partial charge in [-0.1, -0.05) is 309 Å². The summed E-state index contributed by atoms with van der Waals surface area (Å²) in [7, 11) is -9.98. The van der Waals surface area contributed by atoms with Gasteiger partial charge in [-0.25, -0.2) is 9.13 Å². The smallest absolute Gasteiger partial charge is 0.462 e. The number of hydrogen-bond donors (Lipinski definition) is 3. The van der Waals surface area contributed by atoms with E-state index >= 15 is 0 Å². The molecule has 0 bridgehead atoms. The van der Waals surface area contributed by atoms with E-state index in [2.05, 4.69) is 161 Å². The molecule has 608 valence electrons. The second-order valence-corrected chi connectivity index (χ2v) is 30.2. The van der Waals surface area contributed by atoms with Crippen LogP contribution in [0.2, 0.25) is 0 Å². The second kappa shape index (κ2) is 78.3. The number of unbranched alkanes of at least 4 members (excludes halogenated alkanes) is 29. The molecule has 106 heavy (non-hydrogen) atoms. The Balaban J connectivity index is 5.40. The highest BCUT2D eigenvalue weighted by Gasteiger charge is 2.30. The maximum atomic E-state index is 13.1. The van der Waals surface area contributed by atoms with Crippen LogP contribution in [0.25, 0.3) is 0 Å². The van der Waals surface area contributed by atoms with Crippen molar-refractivity contribution in [3.8, 4) is 0 Å². The molecule has 0 heterocycles. The highest BCUT2D eigenvalue weighted by Crippen LogP contribution is 2.45. The Morgan fingerprint density at radius 3 is 0.764 bits per heavy atom. The second-order valence-electron chi connectivity index (χ2n) is 27.3. The van der Waals surface area contributed by atoms with E-state index < -0.39 is 97.5 Å². The fraction of sp³-hybridized carbons (Fsp3) is 0.701. The van der Waals surface area contributed by atoms with Crippen molar-refractivity contribution in [2.45, 2.75) is 354 Å². The van der Waals surface area contributed by atoms with E-state index in [1.54, 1.807) is 0 Å². The van der Waals surface area contributed by atoms with Gasteiger partial charge in [0, 0.05) is 25.7 Å². The van der Waals surface area contributed by atoms with Crippen LogP contribution in [-0.4, -0.2) is 96.7 Å². The monoisotopic (exact) mass is 1530 g/mol. The fourth-order valence-corrected chi connectivity index (χ4v) is 12.5. The first-order valence-corrected chi connectivity index (χ1v) is 44.4. The van der Waals surface area contributed by atoms with Gasteiger partial charge in [0.1, 0.15) is 19.3 Å². The first-order chi connectivity index (χ1) is 51.7. The molecule has 0 fully saturated rings. The van der Waals surface area contributed by atoms with Crippen molar-refractivity contribution in [3.05, 3.63) is 134 Å². The van der Waals surface area contributed by atoms with Gasteiger partial charge in [-0.05, 0) is 135 Å². The fourth-order valence-electron chi connectivity index (χ4n) is 10.9. The van der Waals surface area contributed by atoms with Gasteiger partial charge in [-0.15, -0.1) is 0 Å². The Hall–Kier alpha value is -4.80. The third-order valence-electron chi connectivity index (χ3n) is 17.1. The first kappa shape index (κ1) is 101. The van der Waals surface area contributed by atoms with Crippen molar-refractivity contribution in [3.63, 3.8) is 0 Å². The predicted octanol–water partition coefficient (Wildman–Crippen LogP) is 24.4. The Morgan fingerprint density at radius 2 is 0.491 bits per heavy atom. The molecule has 0 saturated carbocycles. The minimum atomic E-state index is -4.99. The van der Waals surface area contributed by atoms with Crippen molar-refractivity contribution in [1.29, 1.82) is 0 Å². The number of phosphoric acid groups is 2. The summed E-state index contributed by atoms with van der Waals surface area (Å²) in [6.45, 7) is 4.52. The quantitative estimate of drug-likeness (QED) is 0.0169. The molecular formula is C87H148O17P2. The average molecular weight is 1530 g/mol. The lowest BCUT2D eigenvalue weighted by Gasteiger charge is -2.21. The first-order valence-electron chi connectivity index (χ1n) is 41.4. The molecule has 17 nitrogen and oxygen atoms in total. The number of aliphatic hydroxyl groups is 1. The summed E-state index contributed by atoms with van der Waals surface area (Å²) in [5.74, 6) is -2.22. The maximum Gasteiger partial charge on any atom is 0.472 e. The number of ether oxygens (including phenoxy) is 4. The minimum Gasteiger partial charge on any atom is -0.462 e. The summed E-state index contributed by atoms with van der Waals surface area (Å²) >= 11 is 0. The zero-order valence-electron chi connectivity index (χ0n) is 66.6. The molecule has 0 saturated heterocycles. The molecule has 3 N–H and O–H groups in total. The molecule has 0 aromatic rings. The molecule has 0 radical (unpaired) electrons. The van der Waals surface area contributed by atoms with Gasteiger partial charge in [0.2, 0.25) is 0 Å². The molecule has 19 heteroatoms. The van der Waals surface area contributed by atoms with Gasteiger partial charge >= 0.3 is 39.5 Å². The average Bonchev–Trinajstić information content (AvgIpc) is 0.907. The van der Waals surface area contributed by atoms with Crippen LogP contribution in [0.4, 0.5) is 0 Å². The molecular weight excluding hydrogens is 1380 g/mol. The number of rotatable bonds is 77. The van der Waals surface area contributed by atoms with E-state index in [9.17, 15) is 43.2 Å². The summed E-state index contributed by atoms with van der Waals surface area (Å²) < 4.78 is 68.7. The maximum absolute atomic E-state index is 13.1. The van der Waals surface area contributed by atoms with Gasteiger partial charge in [-0.2, -0.15) is 0 Å². The molecule has 0 aromatic heterocycles. The summed E-state index contributed by atoms with van der Waals surface area (Å²) in [6, 6.07) is 0. The van der Waals surface area contributed by atoms with Gasteiger partial charge in [0.25, 0.3) is 0 Å². The van der Waals surface area contributed by atoms with E-state index in [-0.39, 0.29) is 25.7 Å². The lowest BCUT2D eigenvalue weighted by Crippen LogP contribution is -2.30. The third kappa shape index (κ3) is 77.4. The highest BCUT2D eigenvalue weighted by atomic mass is 31.2. The lowest BCUT2D eigenvalue weighted by molar-refractivity contribution is -0.161. The van der Waals surface area contributed by atoms with Crippen LogP contribution in [0.15, 0.2) is 134 Å². The van der Waals surface area contributed by atoms with Crippen LogP contribution in [-0.2, 0) is 65.4 Å². The number of aliphatic hydroxyl groups excluding tert-OH is 1. The number of carbonyl (C=O) groups is 4. The predicted molar refractivity (Wildman–Crippen MR) is 436 cm³/mol. The van der Waals surface area contributed by atoms with Crippen LogP contribution < -0.4 is 0 Å². The Morgan fingerprint density at radius 1 is 0.274 bits per heavy atom. The third-order valence-corrected chi connectivity index (χ3v) is 19.0. The molecule has 0 rings (SSSR count). The van der Waals surface area contributed by atoms with E-state index in [0.29, 0.717) is 25.7 Å². The van der Waals surface area contributed by atoms with Gasteiger partial charge in [-0.3, -0.25) is 37.3 Å². The van der Waals surface area contributed by atoms with E-state index in [1.165, 1.54) is 51.4 Å². The standard InChI is InChI=1S/C87H148O17P2/c1-5-9-13-17-21-25-29-33-36-39-40-43-45-49-52-56-60-64-68-72-85(90)98-78-83(104-87(92)74-70-66-62-58-54-50-46-42-38-35-31-27-23-19-15-11-7-3)80-102-106(95,96)100-76-81(88)75-99-105(93,94)101-79-82(103-86(91)73-69-65-61-57-53-47-32-28-24-20-16-12-8-4)77-97-84(89)71-67-63-59-55-51-48-44-41-37-34-30-26-22-18-14-10-6-2/h9-11,13-15,21-23,25-27,33-38,40,43,49,52,81-83,88H,5-8,12,16-20,24,28-32,39,41-42,44-48,50-51,53-80H2,1-4H3,(H,93,94)(H,95,96)/b13-9-,14-10-,15-11-,25-21-,26-22-,27-23-,36-33-,37-34-,38-35-,43-40-,52-49-. The van der Waals surface area contributed by atoms with E-state index in [1.807, 2.05) is 0 Å². The van der Waals surface area contributed by atoms with Crippen LogP contribution in [0, 0.1) is 0 Å². The Kier molecular flexibility index (Phi) is 74.8. The molecule has 0 aliphatic carbocycles. The van der Waals surface area contributed by atoms with Gasteiger partial charge in [0.15, 0.2) is 12.2 Å². The summed E-state index contributed by atoms with van der Waals surface area (Å²) in [6.07, 6.45) is 88.4. The molecule has 0 aliphatic rings. The molecule has 0 amide bonds. The minimum absolute atomic E-state index is 0.0733. The highest BCUT2D eigenvalue weighted by molar-refractivity contribution is 7.47. The van der Waals surface area contributed by atoms with Crippen molar-refractivity contribution < 1.29 is 80.2 Å². The number of esters is 4. The van der Waals surface area contributed by atoms with Crippen molar-refractivity contribution >= 4 is 39.5 Å². The number of allylic oxidation sites excluding steroid dienone is 22. The van der Waals surface area contributed by atoms with Crippen molar-refractivity contribution in [2.24, 2.45) is 0 Å². The van der Waals surface area contributed by atoms with Crippen LogP contribution in [0.5, 0.6) is 0 Å². The number of carbonyl (C=O) groups excluding carboxylic acids is 4. The topological polar surface area (TPSA) is 237 Å². The molecule has 0 aliphatic heterocycles.